The number of amides is 1. The summed E-state index contributed by atoms with van der Waals surface area (Å²) in [7, 11) is 0. The monoisotopic (exact) mass is 516 g/mol. The van der Waals surface area contributed by atoms with Crippen molar-refractivity contribution < 1.29 is 14.3 Å². The molecule has 0 aliphatic heterocycles. The summed E-state index contributed by atoms with van der Waals surface area (Å²) in [4.78, 5) is 12.3. The van der Waals surface area contributed by atoms with Gasteiger partial charge in [0.1, 0.15) is 23.8 Å². The molecule has 39 heavy (non-hydrogen) atoms. The van der Waals surface area contributed by atoms with Gasteiger partial charge >= 0.3 is 0 Å². The fraction of sp³-hybridized carbons (Fsp3) is 0.0938. The van der Waals surface area contributed by atoms with E-state index in [1.54, 1.807) is 10.9 Å². The summed E-state index contributed by atoms with van der Waals surface area (Å²) in [5.74, 6) is 1.08. The predicted octanol–water partition coefficient (Wildman–Crippen LogP) is 5.96. The molecule has 4 aromatic carbocycles. The largest absolute Gasteiger partial charge is 0.489 e. The van der Waals surface area contributed by atoms with Gasteiger partial charge < -0.3 is 9.47 Å². The second-order valence-electron chi connectivity index (χ2n) is 8.86. The highest BCUT2D eigenvalue weighted by atomic mass is 16.5. The lowest BCUT2D eigenvalue weighted by molar-refractivity contribution is -0.123. The number of benzene rings is 4. The van der Waals surface area contributed by atoms with Gasteiger partial charge in [-0.1, -0.05) is 66.7 Å². The molecule has 1 N–H and O–H groups in total. The Balaban J connectivity index is 1.30. The van der Waals surface area contributed by atoms with E-state index in [2.05, 4.69) is 10.5 Å². The molecule has 0 aliphatic rings. The highest BCUT2D eigenvalue weighted by Gasteiger charge is 2.12. The molecule has 1 amide bonds. The highest BCUT2D eigenvalue weighted by molar-refractivity contribution is 5.89. The maximum Gasteiger partial charge on any atom is 0.277 e. The minimum Gasteiger partial charge on any atom is -0.489 e. The second-order valence-corrected chi connectivity index (χ2v) is 8.86. The molecule has 7 heteroatoms. The molecule has 0 unspecified atom stereocenters. The molecule has 0 atom stereocenters. The Labute approximate surface area is 227 Å². The van der Waals surface area contributed by atoms with Gasteiger partial charge in [-0.3, -0.25) is 4.79 Å². The summed E-state index contributed by atoms with van der Waals surface area (Å²) in [5.41, 5.74) is 7.89. The van der Waals surface area contributed by atoms with E-state index in [1.807, 2.05) is 122 Å². The number of hydrogen-bond acceptors (Lipinski definition) is 5. The van der Waals surface area contributed by atoms with Crippen molar-refractivity contribution in [2.24, 2.45) is 5.10 Å². The van der Waals surface area contributed by atoms with E-state index in [0.717, 1.165) is 39.4 Å². The number of nitrogens with one attached hydrogen (secondary N) is 1. The smallest absolute Gasteiger partial charge is 0.277 e. The van der Waals surface area contributed by atoms with Crippen molar-refractivity contribution in [2.45, 2.75) is 13.5 Å². The van der Waals surface area contributed by atoms with Gasteiger partial charge in [0.15, 0.2) is 6.61 Å². The third-order valence-corrected chi connectivity index (χ3v) is 5.98. The van der Waals surface area contributed by atoms with Gasteiger partial charge in [0.05, 0.1) is 11.9 Å². The quantitative estimate of drug-likeness (QED) is 0.184. The first-order chi connectivity index (χ1) is 19.2. The lowest BCUT2D eigenvalue weighted by Gasteiger charge is -2.07. The van der Waals surface area contributed by atoms with Crippen LogP contribution in [0.25, 0.3) is 16.9 Å². The van der Waals surface area contributed by atoms with Crippen molar-refractivity contribution in [3.8, 4) is 28.4 Å². The van der Waals surface area contributed by atoms with E-state index in [1.165, 1.54) is 0 Å². The van der Waals surface area contributed by atoms with Crippen LogP contribution in [0.15, 0.2) is 120 Å². The summed E-state index contributed by atoms with van der Waals surface area (Å²) in [6.45, 7) is 2.29. The number of rotatable bonds is 10. The van der Waals surface area contributed by atoms with Gasteiger partial charge in [-0.25, -0.2) is 10.1 Å². The van der Waals surface area contributed by atoms with Gasteiger partial charge in [0.2, 0.25) is 0 Å². The zero-order valence-corrected chi connectivity index (χ0v) is 21.5. The number of ether oxygens (including phenoxy) is 2. The van der Waals surface area contributed by atoms with Crippen molar-refractivity contribution in [1.82, 2.24) is 15.2 Å². The Bertz CT molecular complexity index is 1550. The topological polar surface area (TPSA) is 77.7 Å². The lowest BCUT2D eigenvalue weighted by atomic mass is 10.1. The molecular weight excluding hydrogens is 488 g/mol. The van der Waals surface area contributed by atoms with Crippen LogP contribution in [0.5, 0.6) is 11.5 Å². The first-order valence-electron chi connectivity index (χ1n) is 12.6. The maximum atomic E-state index is 12.3. The van der Waals surface area contributed by atoms with E-state index < -0.39 is 0 Å². The first-order valence-corrected chi connectivity index (χ1v) is 12.6. The van der Waals surface area contributed by atoms with Gasteiger partial charge in [-0.2, -0.15) is 10.2 Å². The van der Waals surface area contributed by atoms with Crippen molar-refractivity contribution in [3.63, 3.8) is 0 Å². The summed E-state index contributed by atoms with van der Waals surface area (Å²) in [5, 5.41) is 8.97. The van der Waals surface area contributed by atoms with Crippen LogP contribution in [0.2, 0.25) is 0 Å². The van der Waals surface area contributed by atoms with Crippen molar-refractivity contribution in [3.05, 3.63) is 132 Å². The Morgan fingerprint density at radius 2 is 1.56 bits per heavy atom. The predicted molar refractivity (Wildman–Crippen MR) is 152 cm³/mol. The molecule has 194 valence electrons. The molecule has 0 saturated carbocycles. The van der Waals surface area contributed by atoms with Crippen LogP contribution in [-0.4, -0.2) is 28.5 Å². The number of carbonyl (C=O) groups excluding carboxylic acids is 1. The summed E-state index contributed by atoms with van der Waals surface area (Å²) in [6, 6.07) is 35.2. The molecule has 7 nitrogen and oxygen atoms in total. The van der Waals surface area contributed by atoms with Gasteiger partial charge in [0, 0.05) is 17.3 Å². The third kappa shape index (κ3) is 6.78. The number of para-hydroxylation sites is 2. The summed E-state index contributed by atoms with van der Waals surface area (Å²) < 4.78 is 13.3. The zero-order valence-electron chi connectivity index (χ0n) is 21.5. The lowest BCUT2D eigenvalue weighted by Crippen LogP contribution is -2.24. The molecule has 0 aliphatic carbocycles. The van der Waals surface area contributed by atoms with Crippen LogP contribution in [0.3, 0.4) is 0 Å². The average Bonchev–Trinajstić information content (AvgIpc) is 3.41. The molecule has 1 heterocycles. The normalized spacial score (nSPS) is 10.9. The fourth-order valence-electron chi connectivity index (χ4n) is 3.94. The summed E-state index contributed by atoms with van der Waals surface area (Å²) >= 11 is 0. The first kappa shape index (κ1) is 25.5. The fourth-order valence-corrected chi connectivity index (χ4v) is 3.94. The molecule has 0 radical (unpaired) electrons. The molecule has 5 rings (SSSR count). The molecule has 0 fully saturated rings. The van der Waals surface area contributed by atoms with Crippen molar-refractivity contribution in [2.75, 3.05) is 6.61 Å². The molecule has 0 spiro atoms. The molecule has 5 aromatic rings. The standard InChI is InChI=1S/C32H28N4O3/c1-24-10-8-9-15-30(24)39-23-31(37)34-33-20-27-21-36(28-13-6-3-7-14-28)35-32(27)26-16-18-29(19-17-26)38-22-25-11-4-2-5-12-25/h2-21H,22-23H2,1H3,(H,34,37)/b33-20-. The number of aromatic nitrogens is 2. The highest BCUT2D eigenvalue weighted by Crippen LogP contribution is 2.25. The van der Waals surface area contributed by atoms with E-state index >= 15 is 0 Å². The zero-order chi connectivity index (χ0) is 26.9. The Morgan fingerprint density at radius 3 is 2.31 bits per heavy atom. The third-order valence-electron chi connectivity index (χ3n) is 5.98. The average molecular weight is 517 g/mol. The Morgan fingerprint density at radius 1 is 0.872 bits per heavy atom. The van der Waals surface area contributed by atoms with Crippen LogP contribution < -0.4 is 14.9 Å². The van der Waals surface area contributed by atoms with Gasteiger partial charge in [-0.15, -0.1) is 0 Å². The van der Waals surface area contributed by atoms with Crippen molar-refractivity contribution in [1.29, 1.82) is 0 Å². The van der Waals surface area contributed by atoms with E-state index in [4.69, 9.17) is 14.6 Å². The molecule has 0 saturated heterocycles. The van der Waals surface area contributed by atoms with Crippen LogP contribution in [0.4, 0.5) is 0 Å². The Kier molecular flexibility index (Phi) is 8.09. The van der Waals surface area contributed by atoms with Crippen LogP contribution >= 0.6 is 0 Å². The Hall–Kier alpha value is -5.17. The van der Waals surface area contributed by atoms with Crippen LogP contribution in [0.1, 0.15) is 16.7 Å². The van der Waals surface area contributed by atoms with E-state index in [0.29, 0.717) is 12.4 Å². The molecule has 0 bridgehead atoms. The second kappa shape index (κ2) is 12.4. The van der Waals surface area contributed by atoms with Crippen LogP contribution in [0, 0.1) is 6.92 Å². The van der Waals surface area contributed by atoms with Gasteiger partial charge in [0.25, 0.3) is 5.91 Å². The number of carbonyl (C=O) groups is 1. The van der Waals surface area contributed by atoms with Gasteiger partial charge in [-0.05, 0) is 60.5 Å². The number of nitrogens with zero attached hydrogens (tertiary/aromatic N) is 3. The van der Waals surface area contributed by atoms with E-state index in [9.17, 15) is 4.79 Å². The maximum absolute atomic E-state index is 12.3. The van der Waals surface area contributed by atoms with Crippen LogP contribution in [-0.2, 0) is 11.4 Å². The number of hydrazone groups is 1. The molecule has 1 aromatic heterocycles. The molecular formula is C32H28N4O3. The van der Waals surface area contributed by atoms with Crippen molar-refractivity contribution >= 4 is 12.1 Å². The minimum atomic E-state index is -0.355. The SMILES string of the molecule is Cc1ccccc1OCC(=O)N/N=C\c1cn(-c2ccccc2)nc1-c1ccc(OCc2ccccc2)cc1. The number of aryl methyl sites for hydroxylation is 1. The minimum absolute atomic E-state index is 0.136. The van der Waals surface area contributed by atoms with E-state index in [-0.39, 0.29) is 12.5 Å². The summed E-state index contributed by atoms with van der Waals surface area (Å²) in [6.07, 6.45) is 3.47. The number of hydrogen-bond donors (Lipinski definition) is 1.